The van der Waals surface area contributed by atoms with Crippen molar-refractivity contribution < 1.29 is 13.9 Å². The van der Waals surface area contributed by atoms with Gasteiger partial charge in [0, 0.05) is 19.7 Å². The lowest BCUT2D eigenvalue weighted by Gasteiger charge is -2.32. The fourth-order valence-corrected chi connectivity index (χ4v) is 3.34. The number of likely N-dealkylation sites (tertiary alicyclic amines) is 1. The Bertz CT molecular complexity index is 662. The Labute approximate surface area is 133 Å². The minimum Gasteiger partial charge on any atom is -0.445 e. The van der Waals surface area contributed by atoms with Crippen LogP contribution < -0.4 is 0 Å². The van der Waals surface area contributed by atoms with Gasteiger partial charge in [0.1, 0.15) is 18.8 Å². The number of aromatic nitrogens is 4. The summed E-state index contributed by atoms with van der Waals surface area (Å²) < 4.78 is 12.9. The van der Waals surface area contributed by atoms with Crippen LogP contribution in [0.1, 0.15) is 54.1 Å². The smallest absolute Gasteiger partial charge is 0.276 e. The van der Waals surface area contributed by atoms with Crippen LogP contribution in [-0.2, 0) is 4.74 Å². The number of hydrogen-bond donors (Lipinski definition) is 0. The Balaban J connectivity index is 1.51. The van der Waals surface area contributed by atoms with Crippen molar-refractivity contribution in [3.05, 3.63) is 30.5 Å². The summed E-state index contributed by atoms with van der Waals surface area (Å²) in [5.74, 6) is 0.476. The molecule has 2 aromatic heterocycles. The number of piperidine rings is 1. The van der Waals surface area contributed by atoms with Gasteiger partial charge >= 0.3 is 0 Å². The molecule has 0 aromatic carbocycles. The van der Waals surface area contributed by atoms with Crippen LogP contribution in [0.25, 0.3) is 0 Å². The van der Waals surface area contributed by atoms with Gasteiger partial charge in [-0.25, -0.2) is 14.6 Å². The summed E-state index contributed by atoms with van der Waals surface area (Å²) in [6.07, 6.45) is 8.19. The third kappa shape index (κ3) is 2.74. The van der Waals surface area contributed by atoms with Crippen molar-refractivity contribution in [2.24, 2.45) is 0 Å². The molecule has 2 atom stereocenters. The molecule has 0 radical (unpaired) electrons. The van der Waals surface area contributed by atoms with E-state index < -0.39 is 0 Å². The Hall–Kier alpha value is -2.22. The first kappa shape index (κ1) is 14.4. The van der Waals surface area contributed by atoms with Gasteiger partial charge in [0.05, 0.1) is 6.04 Å². The number of hydrogen-bond acceptors (Lipinski definition) is 6. The van der Waals surface area contributed by atoms with Crippen molar-refractivity contribution in [1.82, 2.24) is 24.6 Å². The average Bonchev–Trinajstić information content (AvgIpc) is 3.35. The van der Waals surface area contributed by atoms with Crippen LogP contribution >= 0.6 is 0 Å². The highest BCUT2D eigenvalue weighted by Crippen LogP contribution is 2.31. The first-order valence-corrected chi connectivity index (χ1v) is 8.01. The maximum Gasteiger partial charge on any atom is 0.276 e. The van der Waals surface area contributed by atoms with Gasteiger partial charge in [-0.15, -0.1) is 0 Å². The van der Waals surface area contributed by atoms with Crippen molar-refractivity contribution in [3.8, 4) is 0 Å². The SMILES string of the molecule is O=C(c1ncoc1[C@@H]1CCCO1)N1CCC[C@@H](n2cncn2)C1. The van der Waals surface area contributed by atoms with Crippen LogP contribution in [-0.4, -0.2) is 50.3 Å². The molecule has 2 aromatic rings. The highest BCUT2D eigenvalue weighted by Gasteiger charge is 2.32. The van der Waals surface area contributed by atoms with Crippen LogP contribution in [0, 0.1) is 0 Å². The molecule has 4 rings (SSSR count). The highest BCUT2D eigenvalue weighted by molar-refractivity contribution is 5.93. The van der Waals surface area contributed by atoms with Gasteiger partial charge in [0.15, 0.2) is 17.8 Å². The molecule has 1 amide bonds. The van der Waals surface area contributed by atoms with Crippen LogP contribution in [0.4, 0.5) is 0 Å². The van der Waals surface area contributed by atoms with Crippen LogP contribution in [0.5, 0.6) is 0 Å². The lowest BCUT2D eigenvalue weighted by molar-refractivity contribution is 0.0640. The molecular formula is C15H19N5O3. The molecule has 122 valence electrons. The molecule has 2 saturated heterocycles. The van der Waals surface area contributed by atoms with Crippen LogP contribution in [0.3, 0.4) is 0 Å². The molecule has 0 N–H and O–H groups in total. The Kier molecular flexibility index (Phi) is 3.82. The molecule has 8 heteroatoms. The molecule has 4 heterocycles. The minimum atomic E-state index is -0.146. The van der Waals surface area contributed by atoms with E-state index in [4.69, 9.17) is 9.15 Å². The first-order chi connectivity index (χ1) is 11.3. The standard InChI is InChI=1S/C15H19N5O3/c21-15(13-14(23-10-17-13)12-4-2-6-22-12)19-5-1-3-11(7-19)20-9-16-8-18-20/h8-12H,1-7H2/t11-,12+/m1/s1. The number of carbonyl (C=O) groups is 1. The monoisotopic (exact) mass is 317 g/mol. The summed E-state index contributed by atoms with van der Waals surface area (Å²) in [5.41, 5.74) is 0.385. The third-order valence-corrected chi connectivity index (χ3v) is 4.51. The van der Waals surface area contributed by atoms with Gasteiger partial charge in [-0.1, -0.05) is 0 Å². The van der Waals surface area contributed by atoms with E-state index in [9.17, 15) is 4.79 Å². The lowest BCUT2D eigenvalue weighted by Crippen LogP contribution is -2.41. The van der Waals surface area contributed by atoms with Crippen LogP contribution in [0.2, 0.25) is 0 Å². The number of carbonyl (C=O) groups excluding carboxylic acids is 1. The third-order valence-electron chi connectivity index (χ3n) is 4.51. The largest absolute Gasteiger partial charge is 0.445 e. The molecule has 2 fully saturated rings. The molecule has 2 aliphatic heterocycles. The normalized spacial score (nSPS) is 25.0. The zero-order valence-corrected chi connectivity index (χ0v) is 12.8. The predicted octanol–water partition coefficient (Wildman–Crippen LogP) is 1.59. The van der Waals surface area contributed by atoms with Crippen LogP contribution in [0.15, 0.2) is 23.5 Å². The summed E-state index contributed by atoms with van der Waals surface area (Å²) in [6.45, 7) is 2.04. The summed E-state index contributed by atoms with van der Waals surface area (Å²) in [4.78, 5) is 22.8. The van der Waals surface area contributed by atoms with E-state index in [1.54, 1.807) is 6.33 Å². The second-order valence-electron chi connectivity index (χ2n) is 5.99. The molecule has 0 bridgehead atoms. The number of rotatable bonds is 3. The molecule has 2 aliphatic rings. The summed E-state index contributed by atoms with van der Waals surface area (Å²) >= 11 is 0. The van der Waals surface area contributed by atoms with E-state index in [0.29, 0.717) is 24.6 Å². The maximum absolute atomic E-state index is 12.9. The second-order valence-corrected chi connectivity index (χ2v) is 5.99. The summed E-state index contributed by atoms with van der Waals surface area (Å²) in [7, 11) is 0. The van der Waals surface area contributed by atoms with Crippen molar-refractivity contribution in [2.45, 2.75) is 37.8 Å². The topological polar surface area (TPSA) is 86.3 Å². The molecule has 0 spiro atoms. The molecule has 23 heavy (non-hydrogen) atoms. The molecule has 8 nitrogen and oxygen atoms in total. The zero-order chi connectivity index (χ0) is 15.6. The fraction of sp³-hybridized carbons (Fsp3) is 0.600. The minimum absolute atomic E-state index is 0.0888. The van der Waals surface area contributed by atoms with E-state index in [0.717, 1.165) is 32.2 Å². The Morgan fingerprint density at radius 1 is 1.30 bits per heavy atom. The summed E-state index contributed by atoms with van der Waals surface area (Å²) in [6, 6.07) is 0.160. The molecule has 0 saturated carbocycles. The Morgan fingerprint density at radius 3 is 3.04 bits per heavy atom. The molecular weight excluding hydrogens is 298 g/mol. The van der Waals surface area contributed by atoms with Gasteiger partial charge in [-0.2, -0.15) is 5.10 Å². The second kappa shape index (κ2) is 6.11. The first-order valence-electron chi connectivity index (χ1n) is 8.01. The van der Waals surface area contributed by atoms with E-state index >= 15 is 0 Å². The number of oxazole rings is 1. The summed E-state index contributed by atoms with van der Waals surface area (Å²) in [5, 5.41) is 4.19. The van der Waals surface area contributed by atoms with Crippen molar-refractivity contribution in [1.29, 1.82) is 0 Å². The van der Waals surface area contributed by atoms with Crippen molar-refractivity contribution in [3.63, 3.8) is 0 Å². The van der Waals surface area contributed by atoms with Gasteiger partial charge in [0.2, 0.25) is 0 Å². The van der Waals surface area contributed by atoms with Gasteiger partial charge in [-0.3, -0.25) is 4.79 Å². The quantitative estimate of drug-likeness (QED) is 0.854. The van der Waals surface area contributed by atoms with Gasteiger partial charge < -0.3 is 14.1 Å². The fourth-order valence-electron chi connectivity index (χ4n) is 3.34. The van der Waals surface area contributed by atoms with E-state index in [2.05, 4.69) is 15.1 Å². The number of amides is 1. The van der Waals surface area contributed by atoms with Gasteiger partial charge in [0.25, 0.3) is 5.91 Å². The van der Waals surface area contributed by atoms with E-state index in [1.165, 1.54) is 12.7 Å². The van der Waals surface area contributed by atoms with E-state index in [1.807, 2.05) is 9.58 Å². The average molecular weight is 317 g/mol. The Morgan fingerprint density at radius 2 is 2.26 bits per heavy atom. The van der Waals surface area contributed by atoms with E-state index in [-0.39, 0.29) is 18.1 Å². The lowest BCUT2D eigenvalue weighted by atomic mass is 10.0. The molecule has 0 aliphatic carbocycles. The zero-order valence-electron chi connectivity index (χ0n) is 12.8. The van der Waals surface area contributed by atoms with Gasteiger partial charge in [-0.05, 0) is 25.7 Å². The highest BCUT2D eigenvalue weighted by atomic mass is 16.5. The molecule has 0 unspecified atom stereocenters. The predicted molar refractivity (Wildman–Crippen MR) is 78.6 cm³/mol. The van der Waals surface area contributed by atoms with Crippen molar-refractivity contribution in [2.75, 3.05) is 19.7 Å². The maximum atomic E-state index is 12.9. The number of nitrogens with zero attached hydrogens (tertiary/aromatic N) is 5. The number of ether oxygens (including phenoxy) is 1. The van der Waals surface area contributed by atoms with Crippen molar-refractivity contribution >= 4 is 5.91 Å².